The predicted molar refractivity (Wildman–Crippen MR) is 85.2 cm³/mol. The number of likely N-dealkylation sites (tertiary alicyclic amines) is 1. The van der Waals surface area contributed by atoms with E-state index in [0.717, 1.165) is 24.9 Å². The lowest BCUT2D eigenvalue weighted by Crippen LogP contribution is -2.34. The fourth-order valence-electron chi connectivity index (χ4n) is 2.59. The van der Waals surface area contributed by atoms with Gasteiger partial charge in [-0.2, -0.15) is 5.26 Å². The van der Waals surface area contributed by atoms with Crippen LogP contribution in [0.3, 0.4) is 0 Å². The zero-order valence-electron chi connectivity index (χ0n) is 13.0. The number of amides is 1. The molecule has 5 heteroatoms. The topological polar surface area (TPSA) is 76.4 Å². The Kier molecular flexibility index (Phi) is 5.05. The van der Waals surface area contributed by atoms with Crippen LogP contribution in [0.15, 0.2) is 30.0 Å². The maximum atomic E-state index is 12.3. The second kappa shape index (κ2) is 6.99. The average Bonchev–Trinajstić information content (AvgIpc) is 2.49. The van der Waals surface area contributed by atoms with Gasteiger partial charge in [0.2, 0.25) is 0 Å². The van der Waals surface area contributed by atoms with E-state index in [-0.39, 0.29) is 11.3 Å². The Morgan fingerprint density at radius 3 is 2.91 bits per heavy atom. The fraction of sp³-hybridized carbons (Fsp3) is 0.412. The van der Waals surface area contributed by atoms with E-state index in [0.29, 0.717) is 11.7 Å². The second-order valence-corrected chi connectivity index (χ2v) is 5.69. The molecule has 0 saturated carbocycles. The third kappa shape index (κ3) is 3.79. The molecule has 2 N–H and O–H groups in total. The minimum atomic E-state index is -0.422. The van der Waals surface area contributed by atoms with Gasteiger partial charge < -0.3 is 15.3 Å². The Labute approximate surface area is 130 Å². The summed E-state index contributed by atoms with van der Waals surface area (Å²) in [6.45, 7) is 4.77. The van der Waals surface area contributed by atoms with Crippen LogP contribution in [-0.2, 0) is 4.79 Å². The molecular formula is C17H21N3O2. The van der Waals surface area contributed by atoms with Crippen LogP contribution in [-0.4, -0.2) is 28.5 Å². The third-order valence-corrected chi connectivity index (χ3v) is 3.97. The van der Waals surface area contributed by atoms with E-state index in [4.69, 9.17) is 0 Å². The Morgan fingerprint density at radius 2 is 2.27 bits per heavy atom. The zero-order valence-corrected chi connectivity index (χ0v) is 13.0. The molecule has 0 aliphatic carbocycles. The number of benzene rings is 1. The molecule has 0 bridgehead atoms. The van der Waals surface area contributed by atoms with Crippen molar-refractivity contribution in [3.05, 3.63) is 35.5 Å². The number of carbonyl (C=O) groups is 1. The highest BCUT2D eigenvalue weighted by Crippen LogP contribution is 2.21. The van der Waals surface area contributed by atoms with Crippen LogP contribution in [0.2, 0.25) is 0 Å². The molecule has 5 nitrogen and oxygen atoms in total. The smallest absolute Gasteiger partial charge is 0.267 e. The number of rotatable bonds is 3. The first-order chi connectivity index (χ1) is 10.5. The standard InChI is InChI=1S/C17H21N3O2/c1-12-9-15(21)6-7-16(12)19-17(22)14(10-18)11-20-8-4-3-5-13(20)2/h6-7,9,11,13,21H,3-5,8H2,1-2H3,(H,19,22)/b14-11-. The van der Waals surface area contributed by atoms with E-state index in [2.05, 4.69) is 17.1 Å². The summed E-state index contributed by atoms with van der Waals surface area (Å²) in [5.41, 5.74) is 1.44. The molecule has 1 aromatic carbocycles. The van der Waals surface area contributed by atoms with Gasteiger partial charge in [0.05, 0.1) is 0 Å². The third-order valence-electron chi connectivity index (χ3n) is 3.97. The second-order valence-electron chi connectivity index (χ2n) is 5.69. The molecule has 22 heavy (non-hydrogen) atoms. The fourth-order valence-corrected chi connectivity index (χ4v) is 2.59. The van der Waals surface area contributed by atoms with Gasteiger partial charge in [0.25, 0.3) is 5.91 Å². The minimum Gasteiger partial charge on any atom is -0.508 e. The summed E-state index contributed by atoms with van der Waals surface area (Å²) in [4.78, 5) is 14.3. The number of anilines is 1. The lowest BCUT2D eigenvalue weighted by molar-refractivity contribution is -0.112. The summed E-state index contributed by atoms with van der Waals surface area (Å²) in [5.74, 6) is -0.275. The molecule has 116 valence electrons. The number of nitriles is 1. The van der Waals surface area contributed by atoms with E-state index >= 15 is 0 Å². The molecule has 0 aromatic heterocycles. The predicted octanol–water partition coefficient (Wildman–Crippen LogP) is 2.92. The van der Waals surface area contributed by atoms with Crippen molar-refractivity contribution in [2.75, 3.05) is 11.9 Å². The van der Waals surface area contributed by atoms with Crippen LogP contribution in [0.1, 0.15) is 31.7 Å². The van der Waals surface area contributed by atoms with E-state index < -0.39 is 5.91 Å². The number of phenolic OH excluding ortho intramolecular Hbond substituents is 1. The number of nitrogens with one attached hydrogen (secondary N) is 1. The summed E-state index contributed by atoms with van der Waals surface area (Å²) in [5, 5.41) is 21.4. The summed E-state index contributed by atoms with van der Waals surface area (Å²) in [7, 11) is 0. The number of nitrogens with zero attached hydrogens (tertiary/aromatic N) is 2. The molecule has 1 aromatic rings. The molecule has 2 rings (SSSR count). The summed E-state index contributed by atoms with van der Waals surface area (Å²) in [6, 6.07) is 7.02. The summed E-state index contributed by atoms with van der Waals surface area (Å²) in [6.07, 6.45) is 5.01. The number of hydrogen-bond acceptors (Lipinski definition) is 4. The molecule has 1 aliphatic heterocycles. The minimum absolute atomic E-state index is 0.0984. The summed E-state index contributed by atoms with van der Waals surface area (Å²) >= 11 is 0. The first kappa shape index (κ1) is 15.9. The van der Waals surface area contributed by atoms with Crippen molar-refractivity contribution in [3.63, 3.8) is 0 Å². The number of carbonyl (C=O) groups excluding carboxylic acids is 1. The highest BCUT2D eigenvalue weighted by atomic mass is 16.3. The van der Waals surface area contributed by atoms with Gasteiger partial charge in [-0.05, 0) is 56.9 Å². The maximum absolute atomic E-state index is 12.3. The zero-order chi connectivity index (χ0) is 16.1. The Hall–Kier alpha value is -2.48. The van der Waals surface area contributed by atoms with Crippen LogP contribution in [0.5, 0.6) is 5.75 Å². The number of phenols is 1. The lowest BCUT2D eigenvalue weighted by atomic mass is 10.0. The normalized spacial score (nSPS) is 18.7. The number of aryl methyl sites for hydroxylation is 1. The number of piperidine rings is 1. The molecule has 0 radical (unpaired) electrons. The van der Waals surface area contributed by atoms with Crippen molar-refractivity contribution in [2.24, 2.45) is 0 Å². The monoisotopic (exact) mass is 299 g/mol. The lowest BCUT2D eigenvalue weighted by Gasteiger charge is -2.32. The van der Waals surface area contributed by atoms with Gasteiger partial charge in [-0.15, -0.1) is 0 Å². The molecule has 1 unspecified atom stereocenters. The van der Waals surface area contributed by atoms with Gasteiger partial charge in [-0.25, -0.2) is 0 Å². The van der Waals surface area contributed by atoms with Crippen molar-refractivity contribution in [1.82, 2.24) is 4.90 Å². The first-order valence-electron chi connectivity index (χ1n) is 7.50. The molecule has 1 fully saturated rings. The van der Waals surface area contributed by atoms with Crippen LogP contribution >= 0.6 is 0 Å². The molecule has 1 atom stereocenters. The van der Waals surface area contributed by atoms with Crippen LogP contribution < -0.4 is 5.32 Å². The van der Waals surface area contributed by atoms with Crippen molar-refractivity contribution >= 4 is 11.6 Å². The van der Waals surface area contributed by atoms with Crippen LogP contribution in [0.4, 0.5) is 5.69 Å². The Balaban J connectivity index is 2.13. The van der Waals surface area contributed by atoms with Crippen LogP contribution in [0.25, 0.3) is 0 Å². The SMILES string of the molecule is Cc1cc(O)ccc1NC(=O)/C(C#N)=C\N1CCCCC1C. The quantitative estimate of drug-likeness (QED) is 0.511. The summed E-state index contributed by atoms with van der Waals surface area (Å²) < 4.78 is 0. The Morgan fingerprint density at radius 1 is 1.50 bits per heavy atom. The largest absolute Gasteiger partial charge is 0.508 e. The number of aromatic hydroxyl groups is 1. The highest BCUT2D eigenvalue weighted by Gasteiger charge is 2.18. The maximum Gasteiger partial charge on any atom is 0.267 e. The van der Waals surface area contributed by atoms with E-state index in [1.54, 1.807) is 25.3 Å². The van der Waals surface area contributed by atoms with E-state index in [9.17, 15) is 15.2 Å². The van der Waals surface area contributed by atoms with Crippen molar-refractivity contribution in [3.8, 4) is 11.8 Å². The molecule has 0 spiro atoms. The van der Waals surface area contributed by atoms with Gasteiger partial charge >= 0.3 is 0 Å². The van der Waals surface area contributed by atoms with Crippen LogP contribution in [0, 0.1) is 18.3 Å². The van der Waals surface area contributed by atoms with Crippen molar-refractivity contribution in [1.29, 1.82) is 5.26 Å². The van der Waals surface area contributed by atoms with Crippen molar-refractivity contribution in [2.45, 2.75) is 39.2 Å². The van der Waals surface area contributed by atoms with Gasteiger partial charge in [0.15, 0.2) is 0 Å². The number of hydrogen-bond donors (Lipinski definition) is 2. The van der Waals surface area contributed by atoms with Gasteiger partial charge in [0.1, 0.15) is 17.4 Å². The molecule has 1 aliphatic rings. The highest BCUT2D eigenvalue weighted by molar-refractivity contribution is 6.06. The van der Waals surface area contributed by atoms with Gasteiger partial charge in [-0.1, -0.05) is 0 Å². The molecule has 1 heterocycles. The average molecular weight is 299 g/mol. The first-order valence-corrected chi connectivity index (χ1v) is 7.50. The molecule has 1 saturated heterocycles. The molecule has 1 amide bonds. The Bertz CT molecular complexity index is 631. The van der Waals surface area contributed by atoms with E-state index in [1.807, 2.05) is 6.07 Å². The van der Waals surface area contributed by atoms with Gasteiger partial charge in [0, 0.05) is 24.5 Å². The van der Waals surface area contributed by atoms with Crippen molar-refractivity contribution < 1.29 is 9.90 Å². The van der Waals surface area contributed by atoms with Gasteiger partial charge in [-0.3, -0.25) is 4.79 Å². The molecular weight excluding hydrogens is 278 g/mol. The van der Waals surface area contributed by atoms with E-state index in [1.165, 1.54) is 12.5 Å².